The number of anilines is 1. The van der Waals surface area contributed by atoms with Crippen LogP contribution in [0.1, 0.15) is 23.3 Å². The van der Waals surface area contributed by atoms with Gasteiger partial charge in [-0.3, -0.25) is 4.79 Å². The highest BCUT2D eigenvalue weighted by Crippen LogP contribution is 2.18. The highest BCUT2D eigenvalue weighted by atomic mass is 16.5. The van der Waals surface area contributed by atoms with Crippen LogP contribution in [-0.2, 0) is 4.74 Å². The SMILES string of the molecule is Nc1ccc2[nH]c(C(=O)NC3CCCOC3)cc2c1. The summed E-state index contributed by atoms with van der Waals surface area (Å²) >= 11 is 0. The van der Waals surface area contributed by atoms with Crippen molar-refractivity contribution in [3.8, 4) is 0 Å². The Bertz CT molecular complexity index is 600. The number of hydrogen-bond acceptors (Lipinski definition) is 3. The van der Waals surface area contributed by atoms with Gasteiger partial charge in [0.15, 0.2) is 0 Å². The van der Waals surface area contributed by atoms with E-state index in [1.807, 2.05) is 24.3 Å². The quantitative estimate of drug-likeness (QED) is 0.717. The van der Waals surface area contributed by atoms with Crippen LogP contribution in [0.15, 0.2) is 24.3 Å². The van der Waals surface area contributed by atoms with E-state index in [1.54, 1.807) is 0 Å². The Morgan fingerprint density at radius 1 is 1.42 bits per heavy atom. The van der Waals surface area contributed by atoms with Crippen molar-refractivity contribution in [1.82, 2.24) is 10.3 Å². The Balaban J connectivity index is 1.77. The maximum absolute atomic E-state index is 12.1. The Morgan fingerprint density at radius 2 is 2.32 bits per heavy atom. The summed E-state index contributed by atoms with van der Waals surface area (Å²) in [5, 5.41) is 3.93. The summed E-state index contributed by atoms with van der Waals surface area (Å²) in [6.07, 6.45) is 1.97. The zero-order valence-electron chi connectivity index (χ0n) is 10.6. The maximum Gasteiger partial charge on any atom is 0.268 e. The van der Waals surface area contributed by atoms with E-state index in [0.717, 1.165) is 30.4 Å². The van der Waals surface area contributed by atoms with Crippen molar-refractivity contribution in [1.29, 1.82) is 0 Å². The fraction of sp³-hybridized carbons (Fsp3) is 0.357. The Morgan fingerprint density at radius 3 is 3.11 bits per heavy atom. The van der Waals surface area contributed by atoms with E-state index in [9.17, 15) is 4.79 Å². The Labute approximate surface area is 111 Å². The second-order valence-electron chi connectivity index (χ2n) is 4.92. The van der Waals surface area contributed by atoms with E-state index in [1.165, 1.54) is 0 Å². The van der Waals surface area contributed by atoms with E-state index < -0.39 is 0 Å². The molecule has 1 aromatic heterocycles. The first-order valence-corrected chi connectivity index (χ1v) is 6.49. The second-order valence-corrected chi connectivity index (χ2v) is 4.92. The second kappa shape index (κ2) is 4.93. The normalized spacial score (nSPS) is 19.5. The highest BCUT2D eigenvalue weighted by Gasteiger charge is 2.18. The average Bonchev–Trinajstić information content (AvgIpc) is 2.83. The summed E-state index contributed by atoms with van der Waals surface area (Å²) in [7, 11) is 0. The van der Waals surface area contributed by atoms with Gasteiger partial charge in [-0.1, -0.05) is 0 Å². The van der Waals surface area contributed by atoms with Gasteiger partial charge in [-0.05, 0) is 37.1 Å². The van der Waals surface area contributed by atoms with Crippen LogP contribution in [0.25, 0.3) is 10.9 Å². The van der Waals surface area contributed by atoms with Gasteiger partial charge in [-0.25, -0.2) is 0 Å². The first kappa shape index (κ1) is 12.0. The summed E-state index contributed by atoms with van der Waals surface area (Å²) in [5.74, 6) is -0.0923. The van der Waals surface area contributed by atoms with E-state index in [2.05, 4.69) is 10.3 Å². The highest BCUT2D eigenvalue weighted by molar-refractivity contribution is 5.98. The monoisotopic (exact) mass is 259 g/mol. The number of aromatic amines is 1. The first-order chi connectivity index (χ1) is 9.22. The van der Waals surface area contributed by atoms with Crippen molar-refractivity contribution in [2.45, 2.75) is 18.9 Å². The molecule has 1 saturated heterocycles. The largest absolute Gasteiger partial charge is 0.399 e. The Hall–Kier alpha value is -2.01. The first-order valence-electron chi connectivity index (χ1n) is 6.49. The lowest BCUT2D eigenvalue weighted by Gasteiger charge is -2.22. The molecule has 0 aliphatic carbocycles. The molecule has 3 rings (SSSR count). The van der Waals surface area contributed by atoms with E-state index in [4.69, 9.17) is 10.5 Å². The van der Waals surface area contributed by atoms with Gasteiger partial charge in [0.2, 0.25) is 0 Å². The third-order valence-corrected chi connectivity index (χ3v) is 3.38. The molecule has 1 aliphatic heterocycles. The van der Waals surface area contributed by atoms with E-state index >= 15 is 0 Å². The van der Waals surface area contributed by atoms with Crippen LogP contribution < -0.4 is 11.1 Å². The minimum absolute atomic E-state index is 0.0923. The molecular formula is C14H17N3O2. The lowest BCUT2D eigenvalue weighted by molar-refractivity contribution is 0.0622. The topological polar surface area (TPSA) is 80.1 Å². The third-order valence-electron chi connectivity index (χ3n) is 3.38. The summed E-state index contributed by atoms with van der Waals surface area (Å²) in [5.41, 5.74) is 7.90. The number of fused-ring (bicyclic) bond motifs is 1. The standard InChI is InChI=1S/C14H17N3O2/c15-10-3-4-12-9(6-10)7-13(17-12)14(18)16-11-2-1-5-19-8-11/h3-4,6-7,11,17H,1-2,5,8,15H2,(H,16,18). The minimum atomic E-state index is -0.0923. The number of nitrogens with one attached hydrogen (secondary N) is 2. The van der Waals surface area contributed by atoms with Crippen LogP contribution in [0.4, 0.5) is 5.69 Å². The van der Waals surface area contributed by atoms with Crippen LogP contribution in [0, 0.1) is 0 Å². The maximum atomic E-state index is 12.1. The van der Waals surface area contributed by atoms with Crippen LogP contribution in [0.2, 0.25) is 0 Å². The molecule has 5 heteroatoms. The third kappa shape index (κ3) is 2.56. The average molecular weight is 259 g/mol. The van der Waals surface area contributed by atoms with Crippen molar-refractivity contribution in [2.24, 2.45) is 0 Å². The number of ether oxygens (including phenoxy) is 1. The number of carbonyl (C=O) groups excluding carboxylic acids is 1. The summed E-state index contributed by atoms with van der Waals surface area (Å²) in [6.45, 7) is 1.39. The number of benzene rings is 1. The molecule has 2 aromatic rings. The number of nitrogens with two attached hydrogens (primary N) is 1. The van der Waals surface area contributed by atoms with Crippen molar-refractivity contribution >= 4 is 22.5 Å². The number of rotatable bonds is 2. The zero-order valence-corrected chi connectivity index (χ0v) is 10.6. The number of H-pyrrole nitrogens is 1. The lowest BCUT2D eigenvalue weighted by atomic mass is 10.1. The predicted molar refractivity (Wildman–Crippen MR) is 74.0 cm³/mol. The molecule has 100 valence electrons. The fourth-order valence-electron chi connectivity index (χ4n) is 2.39. The smallest absolute Gasteiger partial charge is 0.268 e. The molecule has 1 fully saturated rings. The van der Waals surface area contributed by atoms with Gasteiger partial charge in [0.25, 0.3) is 5.91 Å². The molecule has 0 spiro atoms. The van der Waals surface area contributed by atoms with E-state index in [-0.39, 0.29) is 11.9 Å². The molecule has 19 heavy (non-hydrogen) atoms. The van der Waals surface area contributed by atoms with Gasteiger partial charge in [0.1, 0.15) is 5.69 Å². The van der Waals surface area contributed by atoms with Crippen LogP contribution in [-0.4, -0.2) is 30.1 Å². The molecule has 1 aliphatic rings. The molecular weight excluding hydrogens is 242 g/mol. The Kier molecular flexibility index (Phi) is 3.13. The molecule has 4 N–H and O–H groups in total. The summed E-state index contributed by atoms with van der Waals surface area (Å²) in [4.78, 5) is 15.2. The summed E-state index contributed by atoms with van der Waals surface area (Å²) in [6, 6.07) is 7.48. The molecule has 0 bridgehead atoms. The van der Waals surface area contributed by atoms with Gasteiger partial charge >= 0.3 is 0 Å². The molecule has 2 heterocycles. The minimum Gasteiger partial charge on any atom is -0.399 e. The molecule has 0 saturated carbocycles. The van der Waals surface area contributed by atoms with Gasteiger partial charge in [-0.15, -0.1) is 0 Å². The molecule has 1 atom stereocenters. The van der Waals surface area contributed by atoms with Crippen LogP contribution in [0.5, 0.6) is 0 Å². The van der Waals surface area contributed by atoms with Crippen LogP contribution in [0.3, 0.4) is 0 Å². The zero-order chi connectivity index (χ0) is 13.2. The predicted octanol–water partition coefficient (Wildman–Crippen LogP) is 1.66. The van der Waals surface area contributed by atoms with Gasteiger partial charge < -0.3 is 20.8 Å². The molecule has 1 unspecified atom stereocenters. The van der Waals surface area contributed by atoms with Crippen molar-refractivity contribution in [3.63, 3.8) is 0 Å². The molecule has 0 radical (unpaired) electrons. The van der Waals surface area contributed by atoms with Gasteiger partial charge in [0, 0.05) is 23.2 Å². The number of carbonyl (C=O) groups is 1. The van der Waals surface area contributed by atoms with Gasteiger partial charge in [0.05, 0.1) is 12.6 Å². The van der Waals surface area contributed by atoms with Gasteiger partial charge in [-0.2, -0.15) is 0 Å². The number of nitrogen functional groups attached to an aromatic ring is 1. The molecule has 1 amide bonds. The number of hydrogen-bond donors (Lipinski definition) is 3. The van der Waals surface area contributed by atoms with Crippen molar-refractivity contribution in [3.05, 3.63) is 30.0 Å². The molecule has 5 nitrogen and oxygen atoms in total. The number of aromatic nitrogens is 1. The fourth-order valence-corrected chi connectivity index (χ4v) is 2.39. The lowest BCUT2D eigenvalue weighted by Crippen LogP contribution is -2.40. The van der Waals surface area contributed by atoms with E-state index in [0.29, 0.717) is 18.0 Å². The molecule has 1 aromatic carbocycles. The van der Waals surface area contributed by atoms with Crippen molar-refractivity contribution in [2.75, 3.05) is 18.9 Å². The van der Waals surface area contributed by atoms with Crippen LogP contribution >= 0.6 is 0 Å². The van der Waals surface area contributed by atoms with Crippen molar-refractivity contribution < 1.29 is 9.53 Å². The summed E-state index contributed by atoms with van der Waals surface area (Å²) < 4.78 is 5.35. The number of amides is 1.